The number of amides is 1. The fourth-order valence-electron chi connectivity index (χ4n) is 3.44. The number of nitrogens with zero attached hydrogens (tertiary/aromatic N) is 2. The quantitative estimate of drug-likeness (QED) is 0.812. The Balaban J connectivity index is 1.83. The van der Waals surface area contributed by atoms with Gasteiger partial charge in [-0.3, -0.25) is 4.79 Å². The molecule has 1 aliphatic carbocycles. The summed E-state index contributed by atoms with van der Waals surface area (Å²) in [5, 5.41) is 2.81. The number of aromatic nitrogens is 2. The summed E-state index contributed by atoms with van der Waals surface area (Å²) in [7, 11) is 0. The predicted molar refractivity (Wildman–Crippen MR) is 69.2 cm³/mol. The third-order valence-electron chi connectivity index (χ3n) is 4.65. The highest BCUT2D eigenvalue weighted by Crippen LogP contribution is 2.58. The summed E-state index contributed by atoms with van der Waals surface area (Å²) in [5.74, 6) is -0.0915. The summed E-state index contributed by atoms with van der Waals surface area (Å²) < 4.78 is 5.68. The van der Waals surface area contributed by atoms with Gasteiger partial charge in [0, 0.05) is 17.9 Å². The first-order chi connectivity index (χ1) is 8.98. The van der Waals surface area contributed by atoms with Gasteiger partial charge in [-0.2, -0.15) is 0 Å². The Morgan fingerprint density at radius 1 is 1.47 bits per heavy atom. The van der Waals surface area contributed by atoms with E-state index < -0.39 is 5.54 Å². The van der Waals surface area contributed by atoms with Crippen LogP contribution < -0.4 is 11.1 Å². The molecular weight excluding hydrogens is 244 g/mol. The van der Waals surface area contributed by atoms with Crippen LogP contribution in [-0.4, -0.2) is 34.1 Å². The van der Waals surface area contributed by atoms with E-state index in [0.717, 1.165) is 6.42 Å². The molecule has 0 radical (unpaired) electrons. The molecule has 3 unspecified atom stereocenters. The highest BCUT2D eigenvalue weighted by Gasteiger charge is 2.71. The van der Waals surface area contributed by atoms with Gasteiger partial charge in [-0.15, -0.1) is 0 Å². The van der Waals surface area contributed by atoms with Gasteiger partial charge in [-0.25, -0.2) is 9.97 Å². The topological polar surface area (TPSA) is 90.1 Å². The molecule has 0 bridgehead atoms. The van der Waals surface area contributed by atoms with E-state index in [-0.39, 0.29) is 23.3 Å². The van der Waals surface area contributed by atoms with Crippen LogP contribution in [0, 0.1) is 11.3 Å². The zero-order valence-electron chi connectivity index (χ0n) is 11.1. The molecular formula is C13H18N4O2. The fourth-order valence-corrected chi connectivity index (χ4v) is 3.44. The van der Waals surface area contributed by atoms with Gasteiger partial charge in [0.15, 0.2) is 0 Å². The number of nitrogens with one attached hydrogen (secondary N) is 1. The van der Waals surface area contributed by atoms with Crippen molar-refractivity contribution in [3.63, 3.8) is 0 Å². The Morgan fingerprint density at radius 2 is 2.16 bits per heavy atom. The number of anilines is 1. The lowest BCUT2D eigenvalue weighted by Gasteiger charge is -2.60. The van der Waals surface area contributed by atoms with Gasteiger partial charge in [-0.1, -0.05) is 13.8 Å². The van der Waals surface area contributed by atoms with Crippen molar-refractivity contribution in [3.8, 4) is 0 Å². The van der Waals surface area contributed by atoms with Crippen molar-refractivity contribution in [1.29, 1.82) is 0 Å². The molecule has 1 aromatic heterocycles. The maximum absolute atomic E-state index is 12.5. The molecule has 1 amide bonds. The second-order valence-electron chi connectivity index (χ2n) is 5.86. The number of hydrogen-bond acceptors (Lipinski definition) is 5. The molecule has 1 aliphatic heterocycles. The molecule has 2 fully saturated rings. The number of ether oxygens (including phenoxy) is 1. The number of nitrogens with two attached hydrogens (primary N) is 1. The largest absolute Gasteiger partial charge is 0.377 e. The van der Waals surface area contributed by atoms with Crippen molar-refractivity contribution in [2.75, 3.05) is 11.9 Å². The van der Waals surface area contributed by atoms with Crippen molar-refractivity contribution in [2.45, 2.75) is 31.9 Å². The Labute approximate surface area is 111 Å². The van der Waals surface area contributed by atoms with Crippen LogP contribution in [0.3, 0.4) is 0 Å². The summed E-state index contributed by atoms with van der Waals surface area (Å²) in [6.45, 7) is 4.65. The van der Waals surface area contributed by atoms with Crippen LogP contribution >= 0.6 is 0 Å². The highest BCUT2D eigenvalue weighted by atomic mass is 16.5. The van der Waals surface area contributed by atoms with Crippen molar-refractivity contribution in [2.24, 2.45) is 17.1 Å². The van der Waals surface area contributed by atoms with Crippen LogP contribution in [0.2, 0.25) is 0 Å². The molecule has 102 valence electrons. The molecule has 0 aromatic carbocycles. The third-order valence-corrected chi connectivity index (χ3v) is 4.65. The normalized spacial score (nSPS) is 35.3. The average molecular weight is 262 g/mol. The van der Waals surface area contributed by atoms with Gasteiger partial charge >= 0.3 is 0 Å². The SMILES string of the molecule is CC1(C)C2OCCC2C1(N)C(=O)Nc1cncnc1. The minimum Gasteiger partial charge on any atom is -0.377 e. The van der Waals surface area contributed by atoms with E-state index in [0.29, 0.717) is 12.3 Å². The second-order valence-corrected chi connectivity index (χ2v) is 5.86. The minimum absolute atomic E-state index is 0.0790. The monoisotopic (exact) mass is 262 g/mol. The standard InChI is InChI=1S/C13H18N4O2/c1-12(2)10-9(3-4-19-10)13(12,14)11(18)17-8-5-15-7-16-6-8/h5-7,9-10H,3-4,14H2,1-2H3,(H,17,18). The summed E-state index contributed by atoms with van der Waals surface area (Å²) >= 11 is 0. The molecule has 6 nitrogen and oxygen atoms in total. The Bertz CT molecular complexity index is 505. The molecule has 0 spiro atoms. The molecule has 1 saturated heterocycles. The van der Waals surface area contributed by atoms with Crippen LogP contribution in [0.4, 0.5) is 5.69 Å². The zero-order chi connectivity index (χ0) is 13.7. The van der Waals surface area contributed by atoms with Gasteiger partial charge in [0.05, 0.1) is 24.2 Å². The Morgan fingerprint density at radius 3 is 2.84 bits per heavy atom. The maximum atomic E-state index is 12.5. The van der Waals surface area contributed by atoms with Crippen molar-refractivity contribution >= 4 is 11.6 Å². The number of fused-ring (bicyclic) bond motifs is 1. The molecule has 2 aliphatic rings. The Kier molecular flexibility index (Phi) is 2.62. The average Bonchev–Trinajstić information content (AvgIpc) is 2.87. The summed E-state index contributed by atoms with van der Waals surface area (Å²) in [5.41, 5.74) is 5.72. The van der Waals surface area contributed by atoms with Crippen LogP contribution in [0.15, 0.2) is 18.7 Å². The number of rotatable bonds is 2. The van der Waals surface area contributed by atoms with Crippen LogP contribution in [0.5, 0.6) is 0 Å². The first-order valence-corrected chi connectivity index (χ1v) is 6.45. The first kappa shape index (κ1) is 12.5. The molecule has 3 N–H and O–H groups in total. The lowest BCUT2D eigenvalue weighted by molar-refractivity contribution is -0.170. The van der Waals surface area contributed by atoms with E-state index in [9.17, 15) is 4.79 Å². The molecule has 3 atom stereocenters. The maximum Gasteiger partial charge on any atom is 0.245 e. The lowest BCUT2D eigenvalue weighted by Crippen LogP contribution is -2.79. The molecule has 19 heavy (non-hydrogen) atoms. The predicted octanol–water partition coefficient (Wildman–Crippen LogP) is 0.557. The summed E-state index contributed by atoms with van der Waals surface area (Å²) in [6.07, 6.45) is 5.45. The molecule has 1 aromatic rings. The zero-order valence-corrected chi connectivity index (χ0v) is 11.1. The van der Waals surface area contributed by atoms with Crippen molar-refractivity contribution in [3.05, 3.63) is 18.7 Å². The smallest absolute Gasteiger partial charge is 0.245 e. The van der Waals surface area contributed by atoms with Gasteiger partial charge in [0.25, 0.3) is 0 Å². The molecule has 6 heteroatoms. The third kappa shape index (κ3) is 1.53. The highest BCUT2D eigenvalue weighted by molar-refractivity contribution is 6.00. The van der Waals surface area contributed by atoms with Gasteiger partial charge in [0.1, 0.15) is 11.9 Å². The van der Waals surface area contributed by atoms with Crippen LogP contribution in [0.25, 0.3) is 0 Å². The van der Waals surface area contributed by atoms with Crippen molar-refractivity contribution < 1.29 is 9.53 Å². The van der Waals surface area contributed by atoms with E-state index in [2.05, 4.69) is 15.3 Å². The first-order valence-electron chi connectivity index (χ1n) is 6.45. The number of carbonyl (C=O) groups excluding carboxylic acids is 1. The fraction of sp³-hybridized carbons (Fsp3) is 0.615. The second kappa shape index (κ2) is 3.98. The molecule has 2 heterocycles. The van der Waals surface area contributed by atoms with Crippen LogP contribution in [0.1, 0.15) is 20.3 Å². The van der Waals surface area contributed by atoms with Gasteiger partial charge < -0.3 is 15.8 Å². The van der Waals surface area contributed by atoms with Gasteiger partial charge in [-0.05, 0) is 6.42 Å². The summed E-state index contributed by atoms with van der Waals surface area (Å²) in [6, 6.07) is 0. The minimum atomic E-state index is -0.899. The van der Waals surface area contributed by atoms with E-state index in [1.54, 1.807) is 12.4 Å². The van der Waals surface area contributed by atoms with E-state index in [1.165, 1.54) is 6.33 Å². The van der Waals surface area contributed by atoms with E-state index in [4.69, 9.17) is 10.5 Å². The summed E-state index contributed by atoms with van der Waals surface area (Å²) in [4.78, 5) is 20.3. The van der Waals surface area contributed by atoms with Gasteiger partial charge in [0.2, 0.25) is 5.91 Å². The van der Waals surface area contributed by atoms with Crippen molar-refractivity contribution in [1.82, 2.24) is 9.97 Å². The van der Waals surface area contributed by atoms with Crippen LogP contribution in [-0.2, 0) is 9.53 Å². The number of hydrogen-bond donors (Lipinski definition) is 2. The lowest BCUT2D eigenvalue weighted by atomic mass is 9.48. The van der Waals surface area contributed by atoms with E-state index >= 15 is 0 Å². The Hall–Kier alpha value is -1.53. The van der Waals surface area contributed by atoms with E-state index in [1.807, 2.05) is 13.8 Å². The molecule has 1 saturated carbocycles. The molecule has 3 rings (SSSR count). The number of carbonyl (C=O) groups is 1.